The number of anilines is 1. The zero-order chi connectivity index (χ0) is 17.5. The number of rotatable bonds is 2. The summed E-state index contributed by atoms with van der Waals surface area (Å²) in [6.07, 6.45) is 3.87. The second-order valence-electron chi connectivity index (χ2n) is 5.83. The van der Waals surface area contributed by atoms with Crippen molar-refractivity contribution in [1.29, 1.82) is 0 Å². The standard InChI is InChI=1S/C14H16F2N6O2/c15-9-6-8(7-10(16)11(9)22(23)24)21-13(18)19-12(17)20-14(21)4-2-1-3-5-14/h6-7H,1-5H2,(H4,17,18,19,20). The third-order valence-electron chi connectivity index (χ3n) is 4.29. The third-order valence-corrected chi connectivity index (χ3v) is 4.29. The summed E-state index contributed by atoms with van der Waals surface area (Å²) in [6, 6.07) is 1.74. The zero-order valence-electron chi connectivity index (χ0n) is 12.7. The number of benzene rings is 1. The van der Waals surface area contributed by atoms with Crippen LogP contribution >= 0.6 is 0 Å². The topological polar surface area (TPSA) is 123 Å². The molecule has 2 aliphatic rings. The van der Waals surface area contributed by atoms with Gasteiger partial charge >= 0.3 is 5.69 Å². The van der Waals surface area contributed by atoms with E-state index >= 15 is 0 Å². The van der Waals surface area contributed by atoms with Gasteiger partial charge in [0.05, 0.1) is 10.6 Å². The molecule has 1 aromatic rings. The number of hydrogen-bond donors (Lipinski definition) is 2. The van der Waals surface area contributed by atoms with Crippen LogP contribution in [0.2, 0.25) is 0 Å². The van der Waals surface area contributed by atoms with Crippen LogP contribution in [0, 0.1) is 21.7 Å². The molecular weight excluding hydrogens is 322 g/mol. The molecule has 0 aromatic heterocycles. The number of hydrogen-bond acceptors (Lipinski definition) is 7. The van der Waals surface area contributed by atoms with Crippen molar-refractivity contribution in [2.75, 3.05) is 4.90 Å². The number of nitro groups is 1. The van der Waals surface area contributed by atoms with E-state index in [1.54, 1.807) is 0 Å². The van der Waals surface area contributed by atoms with Crippen LogP contribution in [-0.4, -0.2) is 22.5 Å². The Hall–Kier alpha value is -2.78. The molecule has 4 N–H and O–H groups in total. The van der Waals surface area contributed by atoms with Crippen LogP contribution in [0.3, 0.4) is 0 Å². The van der Waals surface area contributed by atoms with Crippen LogP contribution in [0.15, 0.2) is 22.1 Å². The van der Waals surface area contributed by atoms with Crippen LogP contribution in [0.4, 0.5) is 20.2 Å². The first-order valence-electron chi connectivity index (χ1n) is 7.47. The fraction of sp³-hybridized carbons (Fsp3) is 0.429. The largest absolute Gasteiger partial charge is 0.369 e. The Bertz CT molecular complexity index is 735. The van der Waals surface area contributed by atoms with Gasteiger partial charge < -0.3 is 11.5 Å². The molecule has 0 amide bonds. The van der Waals surface area contributed by atoms with Gasteiger partial charge in [0.1, 0.15) is 5.66 Å². The Labute approximate surface area is 136 Å². The zero-order valence-corrected chi connectivity index (χ0v) is 12.7. The summed E-state index contributed by atoms with van der Waals surface area (Å²) in [4.78, 5) is 19.3. The van der Waals surface area contributed by atoms with Gasteiger partial charge in [-0.3, -0.25) is 15.0 Å². The van der Waals surface area contributed by atoms with E-state index in [-0.39, 0.29) is 17.6 Å². The summed E-state index contributed by atoms with van der Waals surface area (Å²) in [5, 5.41) is 10.8. The highest BCUT2D eigenvalue weighted by atomic mass is 19.1. The summed E-state index contributed by atoms with van der Waals surface area (Å²) in [6.45, 7) is 0. The van der Waals surface area contributed by atoms with Crippen molar-refractivity contribution in [3.8, 4) is 0 Å². The minimum Gasteiger partial charge on any atom is -0.369 e. The molecule has 1 fully saturated rings. The molecular formula is C14H16F2N6O2. The lowest BCUT2D eigenvalue weighted by atomic mass is 9.87. The number of nitrogens with zero attached hydrogens (tertiary/aromatic N) is 4. The number of guanidine groups is 2. The highest BCUT2D eigenvalue weighted by molar-refractivity contribution is 6.05. The molecule has 1 aliphatic carbocycles. The van der Waals surface area contributed by atoms with Crippen molar-refractivity contribution in [3.05, 3.63) is 33.9 Å². The predicted octanol–water partition coefficient (Wildman–Crippen LogP) is 1.98. The van der Waals surface area contributed by atoms with Crippen molar-refractivity contribution >= 4 is 23.3 Å². The van der Waals surface area contributed by atoms with E-state index in [4.69, 9.17) is 11.5 Å². The Morgan fingerprint density at radius 2 is 1.75 bits per heavy atom. The first-order chi connectivity index (χ1) is 11.3. The molecule has 10 heteroatoms. The molecule has 0 radical (unpaired) electrons. The highest BCUT2D eigenvalue weighted by Gasteiger charge is 2.43. The second-order valence-corrected chi connectivity index (χ2v) is 5.83. The molecule has 0 unspecified atom stereocenters. The van der Waals surface area contributed by atoms with E-state index < -0.39 is 27.9 Å². The number of nitrogens with two attached hydrogens (primary N) is 2. The first kappa shape index (κ1) is 16.1. The minimum atomic E-state index is -1.28. The molecule has 24 heavy (non-hydrogen) atoms. The van der Waals surface area contributed by atoms with E-state index in [1.165, 1.54) is 4.90 Å². The maximum absolute atomic E-state index is 14.0. The van der Waals surface area contributed by atoms with E-state index in [0.29, 0.717) is 12.8 Å². The van der Waals surface area contributed by atoms with Crippen LogP contribution in [0.1, 0.15) is 32.1 Å². The lowest BCUT2D eigenvalue weighted by Gasteiger charge is -2.45. The van der Waals surface area contributed by atoms with Gasteiger partial charge in [0.25, 0.3) is 0 Å². The Morgan fingerprint density at radius 1 is 1.17 bits per heavy atom. The number of halogens is 2. The summed E-state index contributed by atoms with van der Waals surface area (Å²) < 4.78 is 28.1. The lowest BCUT2D eigenvalue weighted by molar-refractivity contribution is -0.390. The molecule has 1 aromatic carbocycles. The highest BCUT2D eigenvalue weighted by Crippen LogP contribution is 2.40. The normalized spacial score (nSPS) is 19.8. The molecule has 1 heterocycles. The van der Waals surface area contributed by atoms with Gasteiger partial charge in [-0.05, 0) is 25.7 Å². The molecule has 128 valence electrons. The fourth-order valence-electron chi connectivity index (χ4n) is 3.35. The molecule has 0 saturated heterocycles. The number of nitro benzene ring substituents is 1. The maximum Gasteiger partial charge on any atom is 0.340 e. The summed E-state index contributed by atoms with van der Waals surface area (Å²) in [7, 11) is 0. The number of aliphatic imine (C=N–C) groups is 2. The van der Waals surface area contributed by atoms with Crippen molar-refractivity contribution < 1.29 is 13.7 Å². The van der Waals surface area contributed by atoms with Crippen molar-refractivity contribution in [1.82, 2.24) is 0 Å². The van der Waals surface area contributed by atoms with Crippen LogP contribution in [0.5, 0.6) is 0 Å². The SMILES string of the molecule is NC1=NC2(CCCCC2)N(c2cc(F)c([N+](=O)[O-])c(F)c2)C(N)=N1. The van der Waals surface area contributed by atoms with Crippen molar-refractivity contribution in [3.63, 3.8) is 0 Å². The summed E-state index contributed by atoms with van der Waals surface area (Å²) in [5.74, 6) is -2.60. The van der Waals surface area contributed by atoms with E-state index in [9.17, 15) is 18.9 Å². The van der Waals surface area contributed by atoms with Crippen LogP contribution < -0.4 is 16.4 Å². The lowest BCUT2D eigenvalue weighted by Crippen LogP contribution is -2.58. The minimum absolute atomic E-state index is 0.00788. The monoisotopic (exact) mass is 338 g/mol. The quantitative estimate of drug-likeness (QED) is 0.630. The third kappa shape index (κ3) is 2.53. The van der Waals surface area contributed by atoms with Crippen molar-refractivity contribution in [2.24, 2.45) is 21.5 Å². The van der Waals surface area contributed by atoms with Gasteiger partial charge in [0.2, 0.25) is 23.6 Å². The predicted molar refractivity (Wildman–Crippen MR) is 84.6 cm³/mol. The fourth-order valence-corrected chi connectivity index (χ4v) is 3.35. The van der Waals surface area contributed by atoms with Gasteiger partial charge in [-0.25, -0.2) is 4.99 Å². The first-order valence-corrected chi connectivity index (χ1v) is 7.47. The second kappa shape index (κ2) is 5.69. The Balaban J connectivity index is 2.12. The van der Waals surface area contributed by atoms with Gasteiger partial charge in [-0.15, -0.1) is 0 Å². The van der Waals surface area contributed by atoms with E-state index in [0.717, 1.165) is 31.4 Å². The van der Waals surface area contributed by atoms with Gasteiger partial charge in [-0.1, -0.05) is 6.42 Å². The summed E-state index contributed by atoms with van der Waals surface area (Å²) in [5.41, 5.74) is 9.60. The smallest absolute Gasteiger partial charge is 0.340 e. The average Bonchev–Trinajstić information content (AvgIpc) is 2.45. The Kier molecular flexibility index (Phi) is 3.82. The molecule has 1 spiro atoms. The Morgan fingerprint density at radius 3 is 2.29 bits per heavy atom. The maximum atomic E-state index is 14.0. The van der Waals surface area contributed by atoms with Gasteiger partial charge in [0.15, 0.2) is 0 Å². The van der Waals surface area contributed by atoms with Crippen molar-refractivity contribution in [2.45, 2.75) is 37.8 Å². The van der Waals surface area contributed by atoms with Crippen LogP contribution in [-0.2, 0) is 0 Å². The molecule has 0 bridgehead atoms. The van der Waals surface area contributed by atoms with Gasteiger partial charge in [-0.2, -0.15) is 13.8 Å². The molecule has 0 atom stereocenters. The molecule has 3 rings (SSSR count). The molecule has 8 nitrogen and oxygen atoms in total. The molecule has 1 saturated carbocycles. The van der Waals surface area contributed by atoms with E-state index in [2.05, 4.69) is 9.98 Å². The van der Waals surface area contributed by atoms with E-state index in [1.807, 2.05) is 0 Å². The van der Waals surface area contributed by atoms with Crippen LogP contribution in [0.25, 0.3) is 0 Å². The molecule has 1 aliphatic heterocycles. The van der Waals surface area contributed by atoms with Gasteiger partial charge in [0, 0.05) is 12.1 Å². The summed E-state index contributed by atoms with van der Waals surface area (Å²) >= 11 is 0. The average molecular weight is 338 g/mol.